The maximum atomic E-state index is 13.0. The minimum atomic E-state index is -0.712. The first-order chi connectivity index (χ1) is 32.1. The molecule has 0 saturated carbocycles. The largest absolute Gasteiger partial charge is 0.381 e. The van der Waals surface area contributed by atoms with E-state index in [4.69, 9.17) is 23.9 Å². The molecule has 3 aliphatic rings. The molecule has 346 valence electrons. The molecule has 1 unspecified atom stereocenters. The van der Waals surface area contributed by atoms with E-state index >= 15 is 0 Å². The lowest BCUT2D eigenvalue weighted by Crippen LogP contribution is -2.49. The number of rotatable bonds is 17. The number of aryl methyl sites for hydroxylation is 1. The van der Waals surface area contributed by atoms with Crippen LogP contribution in [-0.2, 0) is 46.8 Å². The number of hydrogen-bond acceptors (Lipinski definition) is 13. The van der Waals surface area contributed by atoms with Crippen LogP contribution in [0.15, 0.2) is 71.5 Å². The molecule has 6 heterocycles. The number of ether oxygens (including phenoxy) is 4. The maximum Gasteiger partial charge on any atom is 0.329 e. The molecule has 17 nitrogen and oxygen atoms in total. The van der Waals surface area contributed by atoms with Gasteiger partial charge in [0.05, 0.1) is 74.2 Å². The average Bonchev–Trinajstić information content (AvgIpc) is 3.78. The predicted molar refractivity (Wildman–Crippen MR) is 252 cm³/mol. The number of fused-ring (bicyclic) bond motifs is 6. The molecule has 2 fully saturated rings. The van der Waals surface area contributed by atoms with Crippen molar-refractivity contribution in [2.45, 2.75) is 38.3 Å². The Morgan fingerprint density at radius 3 is 2.29 bits per heavy atom. The molecule has 2 saturated heterocycles. The van der Waals surface area contributed by atoms with Crippen LogP contribution in [-0.4, -0.2) is 134 Å². The Bertz CT molecular complexity index is 2830. The van der Waals surface area contributed by atoms with E-state index in [1.165, 1.54) is 20.5 Å². The summed E-state index contributed by atoms with van der Waals surface area (Å²) >= 11 is 1.51. The van der Waals surface area contributed by atoms with Crippen LogP contribution in [0.5, 0.6) is 0 Å². The van der Waals surface area contributed by atoms with E-state index in [0.717, 1.165) is 67.8 Å². The van der Waals surface area contributed by atoms with Gasteiger partial charge in [0.2, 0.25) is 17.7 Å². The first-order valence-electron chi connectivity index (χ1n) is 22.5. The number of nitrogens with zero attached hydrogens (tertiary/aromatic N) is 5. The normalized spacial score (nSPS) is 17.8. The SMILES string of the molecule is C[C@@H]1CNc2c(sc3ccc4nc(-c5ccc(N6CCN(C(=O)COCCOCCOCCOCCc7ccc8c(c7)n(C)c(=O)n8C7CCC(=O)NC7=O)CC6)cc5)ccc4c23)C(=O)N1. The van der Waals surface area contributed by atoms with Gasteiger partial charge in [-0.25, -0.2) is 9.78 Å². The van der Waals surface area contributed by atoms with Crippen molar-refractivity contribution in [1.82, 2.24) is 29.7 Å². The summed E-state index contributed by atoms with van der Waals surface area (Å²) in [4.78, 5) is 72.6. The number of benzene rings is 3. The van der Waals surface area contributed by atoms with Crippen LogP contribution in [0.25, 0.3) is 43.3 Å². The number of nitrogens with one attached hydrogen (secondary N) is 3. The van der Waals surface area contributed by atoms with E-state index in [1.807, 2.05) is 42.2 Å². The maximum absolute atomic E-state index is 13.0. The van der Waals surface area contributed by atoms with Crippen LogP contribution in [0.2, 0.25) is 0 Å². The van der Waals surface area contributed by atoms with Crippen LogP contribution in [0.3, 0.4) is 0 Å². The molecule has 0 radical (unpaired) electrons. The number of aromatic nitrogens is 3. The summed E-state index contributed by atoms with van der Waals surface area (Å²) < 4.78 is 26.7. The Hall–Kier alpha value is -6.18. The molecule has 18 heteroatoms. The van der Waals surface area contributed by atoms with Gasteiger partial charge in [-0.15, -0.1) is 11.3 Å². The third kappa shape index (κ3) is 9.69. The zero-order chi connectivity index (χ0) is 45.7. The van der Waals surface area contributed by atoms with Crippen molar-refractivity contribution in [1.29, 1.82) is 0 Å². The van der Waals surface area contributed by atoms with E-state index in [9.17, 15) is 24.0 Å². The quantitative estimate of drug-likeness (QED) is 0.0874. The van der Waals surface area contributed by atoms with Crippen molar-refractivity contribution in [3.8, 4) is 11.3 Å². The number of imide groups is 1. The van der Waals surface area contributed by atoms with Crippen LogP contribution in [0.1, 0.15) is 41.0 Å². The second-order valence-electron chi connectivity index (χ2n) is 16.8. The van der Waals surface area contributed by atoms with Crippen LogP contribution >= 0.6 is 11.3 Å². The van der Waals surface area contributed by atoms with Crippen molar-refractivity contribution in [3.05, 3.63) is 87.7 Å². The second-order valence-corrected chi connectivity index (χ2v) is 17.9. The molecule has 3 N–H and O–H groups in total. The fourth-order valence-corrected chi connectivity index (χ4v) is 9.94. The summed E-state index contributed by atoms with van der Waals surface area (Å²) in [5.41, 5.74) is 6.84. The van der Waals surface area contributed by atoms with E-state index in [2.05, 4.69) is 57.2 Å². The molecule has 0 bridgehead atoms. The zero-order valence-corrected chi connectivity index (χ0v) is 38.0. The molecular formula is C48H54N8O9S. The summed E-state index contributed by atoms with van der Waals surface area (Å²) in [5.74, 6) is -0.842. The molecule has 3 aromatic heterocycles. The average molecular weight is 919 g/mol. The Morgan fingerprint density at radius 1 is 0.818 bits per heavy atom. The predicted octanol–water partition coefficient (Wildman–Crippen LogP) is 4.25. The highest BCUT2D eigenvalue weighted by Crippen LogP contribution is 2.41. The van der Waals surface area contributed by atoms with Crippen molar-refractivity contribution in [2.24, 2.45) is 7.05 Å². The highest BCUT2D eigenvalue weighted by molar-refractivity contribution is 7.21. The van der Waals surface area contributed by atoms with Gasteiger partial charge in [-0.2, -0.15) is 0 Å². The minimum Gasteiger partial charge on any atom is -0.381 e. The summed E-state index contributed by atoms with van der Waals surface area (Å²) in [6, 6.07) is 21.7. The summed E-state index contributed by atoms with van der Waals surface area (Å²) in [5, 5.41) is 10.9. The van der Waals surface area contributed by atoms with Gasteiger partial charge in [-0.05, 0) is 73.9 Å². The van der Waals surface area contributed by atoms with Crippen molar-refractivity contribution in [3.63, 3.8) is 0 Å². The fraction of sp³-hybridized carbons (Fsp3) is 0.417. The molecule has 0 aliphatic carbocycles. The molecule has 3 aliphatic heterocycles. The van der Waals surface area contributed by atoms with E-state index in [1.54, 1.807) is 7.05 Å². The van der Waals surface area contributed by atoms with Crippen LogP contribution < -0.4 is 26.5 Å². The first-order valence-corrected chi connectivity index (χ1v) is 23.3. The first kappa shape index (κ1) is 45.0. The number of hydrogen-bond donors (Lipinski definition) is 3. The monoisotopic (exact) mass is 918 g/mol. The third-order valence-corrected chi connectivity index (χ3v) is 13.6. The van der Waals surface area contributed by atoms with Gasteiger partial charge < -0.3 is 39.4 Å². The van der Waals surface area contributed by atoms with E-state index in [0.29, 0.717) is 89.1 Å². The molecule has 0 spiro atoms. The van der Waals surface area contributed by atoms with E-state index < -0.39 is 11.9 Å². The molecule has 66 heavy (non-hydrogen) atoms. The van der Waals surface area contributed by atoms with Gasteiger partial charge in [0, 0.05) is 79.0 Å². The number of piperidine rings is 1. The van der Waals surface area contributed by atoms with Crippen molar-refractivity contribution < 1.29 is 38.1 Å². The van der Waals surface area contributed by atoms with Crippen LogP contribution in [0.4, 0.5) is 11.4 Å². The number of amides is 4. The number of piperazine rings is 1. The molecule has 4 amide bonds. The van der Waals surface area contributed by atoms with E-state index in [-0.39, 0.29) is 42.5 Å². The topological polar surface area (TPSA) is 188 Å². The van der Waals surface area contributed by atoms with Gasteiger partial charge in [0.25, 0.3) is 5.91 Å². The third-order valence-electron chi connectivity index (χ3n) is 12.4. The van der Waals surface area contributed by atoms with Gasteiger partial charge >= 0.3 is 5.69 Å². The number of thiophene rings is 1. The van der Waals surface area contributed by atoms with Gasteiger partial charge in [-0.3, -0.25) is 33.6 Å². The standard InChI is InChI=1S/C48H54N8O9S/c1-30-28-49-44-43-34-8-9-35(51-36(34)10-13-40(43)66-45(44)47(60)50-30)32-4-6-33(7-5-32)54-16-18-55(19-17-54)42(58)29-65-26-25-64-24-23-63-22-21-62-20-15-31-3-11-37-39(27-31)53(2)48(61)56(37)38-12-14-41(57)52-46(38)59/h3-11,13,27,30,38,49H,12,14-26,28-29H2,1-2H3,(H,50,60)(H,52,57,59)/t30-,38?/m1/s1. The molecule has 3 aromatic carbocycles. The fourth-order valence-electron chi connectivity index (χ4n) is 8.84. The summed E-state index contributed by atoms with van der Waals surface area (Å²) in [6.45, 7) is 8.15. The number of anilines is 2. The highest BCUT2D eigenvalue weighted by atomic mass is 32.1. The Labute approximate surface area is 384 Å². The van der Waals surface area contributed by atoms with Gasteiger partial charge in [0.1, 0.15) is 17.5 Å². The van der Waals surface area contributed by atoms with Crippen molar-refractivity contribution in [2.75, 3.05) is 95.8 Å². The molecular weight excluding hydrogens is 865 g/mol. The zero-order valence-electron chi connectivity index (χ0n) is 37.1. The highest BCUT2D eigenvalue weighted by Gasteiger charge is 2.31. The molecule has 2 atom stereocenters. The smallest absolute Gasteiger partial charge is 0.329 e. The number of carbonyl (C=O) groups is 4. The number of carbonyl (C=O) groups excluding carboxylic acids is 4. The number of pyridine rings is 1. The molecule has 6 aromatic rings. The molecule has 9 rings (SSSR count). The van der Waals surface area contributed by atoms with Gasteiger partial charge in [-0.1, -0.05) is 18.2 Å². The Balaban J connectivity index is 0.628. The lowest BCUT2D eigenvalue weighted by atomic mass is 10.1. The Kier molecular flexibility index (Phi) is 13.7. The summed E-state index contributed by atoms with van der Waals surface area (Å²) in [6.07, 6.45) is 1.13. The van der Waals surface area contributed by atoms with Crippen molar-refractivity contribution >= 4 is 78.4 Å². The minimum absolute atomic E-state index is 0.0111. The number of imidazole rings is 1. The summed E-state index contributed by atoms with van der Waals surface area (Å²) in [7, 11) is 1.68. The van der Waals surface area contributed by atoms with Gasteiger partial charge in [0.15, 0.2) is 0 Å². The van der Waals surface area contributed by atoms with Crippen LogP contribution in [0, 0.1) is 0 Å². The Morgan fingerprint density at radius 2 is 1.55 bits per heavy atom. The second kappa shape index (κ2) is 20.1. The lowest BCUT2D eigenvalue weighted by molar-refractivity contribution is -0.137. The lowest BCUT2D eigenvalue weighted by Gasteiger charge is -2.36.